The SMILES string of the molecule is CN1CCC2(CC1)c1ncncc1C(=O)NS2=O. The average Bonchev–Trinajstić information content (AvgIpc) is 2.39. The van der Waals surface area contributed by atoms with Crippen molar-refractivity contribution < 1.29 is 9.00 Å². The molecule has 0 aromatic carbocycles. The molecule has 1 unspecified atom stereocenters. The zero-order valence-electron chi connectivity index (χ0n) is 10.0. The van der Waals surface area contributed by atoms with Crippen molar-refractivity contribution in [3.63, 3.8) is 0 Å². The Balaban J connectivity index is 2.12. The summed E-state index contributed by atoms with van der Waals surface area (Å²) in [6.45, 7) is 1.70. The molecule has 1 spiro atoms. The van der Waals surface area contributed by atoms with Crippen LogP contribution in [0.3, 0.4) is 0 Å². The van der Waals surface area contributed by atoms with Gasteiger partial charge >= 0.3 is 0 Å². The lowest BCUT2D eigenvalue weighted by molar-refractivity contribution is 0.0971. The highest BCUT2D eigenvalue weighted by atomic mass is 32.2. The summed E-state index contributed by atoms with van der Waals surface area (Å²) < 4.78 is 14.4. The fourth-order valence-electron chi connectivity index (χ4n) is 2.59. The fraction of sp³-hybridized carbons (Fsp3) is 0.545. The van der Waals surface area contributed by atoms with Gasteiger partial charge in [0.1, 0.15) is 22.1 Å². The first kappa shape index (κ1) is 11.7. The molecule has 0 bridgehead atoms. The van der Waals surface area contributed by atoms with Gasteiger partial charge in [0.15, 0.2) is 0 Å². The Morgan fingerprint density at radius 1 is 1.44 bits per heavy atom. The predicted octanol–water partition coefficient (Wildman–Crippen LogP) is -0.195. The minimum atomic E-state index is -1.41. The van der Waals surface area contributed by atoms with Crippen molar-refractivity contribution in [1.82, 2.24) is 19.6 Å². The van der Waals surface area contributed by atoms with Gasteiger partial charge in [0.2, 0.25) is 0 Å². The number of hydrogen-bond donors (Lipinski definition) is 1. The number of amides is 1. The van der Waals surface area contributed by atoms with Crippen LogP contribution in [-0.4, -0.2) is 45.1 Å². The highest BCUT2D eigenvalue weighted by Gasteiger charge is 2.48. The number of piperidine rings is 1. The third-order valence-electron chi connectivity index (χ3n) is 3.72. The molecule has 1 fully saturated rings. The summed E-state index contributed by atoms with van der Waals surface area (Å²) in [6.07, 6.45) is 4.41. The standard InChI is InChI=1S/C11H14N4O2S/c1-15-4-2-11(3-5-15)9-8(6-12-7-13-9)10(16)14-18(11)17/h6-7H,2-5H2,1H3,(H,14,16). The third kappa shape index (κ3) is 1.58. The first-order valence-corrected chi connectivity index (χ1v) is 7.00. The largest absolute Gasteiger partial charge is 0.306 e. The van der Waals surface area contributed by atoms with E-state index < -0.39 is 15.7 Å². The maximum atomic E-state index is 12.4. The van der Waals surface area contributed by atoms with Gasteiger partial charge < -0.3 is 4.90 Å². The molecule has 3 heterocycles. The molecule has 2 aliphatic heterocycles. The molecule has 7 heteroatoms. The molecule has 2 aliphatic rings. The van der Waals surface area contributed by atoms with Crippen LogP contribution < -0.4 is 4.72 Å². The molecule has 1 amide bonds. The Labute approximate surface area is 107 Å². The van der Waals surface area contributed by atoms with Gasteiger partial charge in [0.25, 0.3) is 5.91 Å². The van der Waals surface area contributed by atoms with Crippen LogP contribution in [-0.2, 0) is 15.7 Å². The van der Waals surface area contributed by atoms with Gasteiger partial charge in [-0.2, -0.15) is 0 Å². The third-order valence-corrected chi connectivity index (χ3v) is 5.41. The van der Waals surface area contributed by atoms with Crippen molar-refractivity contribution in [3.05, 3.63) is 23.8 Å². The lowest BCUT2D eigenvalue weighted by Crippen LogP contribution is -2.53. The van der Waals surface area contributed by atoms with E-state index in [0.717, 1.165) is 25.9 Å². The average molecular weight is 266 g/mol. The highest BCUT2D eigenvalue weighted by Crippen LogP contribution is 2.40. The van der Waals surface area contributed by atoms with Crippen molar-refractivity contribution in [2.75, 3.05) is 20.1 Å². The summed E-state index contributed by atoms with van der Waals surface area (Å²) in [6, 6.07) is 0. The fourth-order valence-corrected chi connectivity index (χ4v) is 3.95. The first-order valence-electron chi connectivity index (χ1n) is 5.85. The van der Waals surface area contributed by atoms with Crippen LogP contribution in [0.15, 0.2) is 12.5 Å². The first-order chi connectivity index (χ1) is 8.63. The number of nitrogens with zero attached hydrogens (tertiary/aromatic N) is 3. The monoisotopic (exact) mass is 266 g/mol. The topological polar surface area (TPSA) is 75.2 Å². The van der Waals surface area contributed by atoms with Crippen molar-refractivity contribution in [3.8, 4) is 0 Å². The van der Waals surface area contributed by atoms with Crippen LogP contribution >= 0.6 is 0 Å². The van der Waals surface area contributed by atoms with Crippen LogP contribution in [0, 0.1) is 0 Å². The van der Waals surface area contributed by atoms with Crippen molar-refractivity contribution >= 4 is 16.9 Å². The van der Waals surface area contributed by atoms with E-state index in [1.807, 2.05) is 7.05 Å². The van der Waals surface area contributed by atoms with E-state index >= 15 is 0 Å². The van der Waals surface area contributed by atoms with Gasteiger partial charge in [0, 0.05) is 6.20 Å². The number of rotatable bonds is 0. The second-order valence-corrected chi connectivity index (χ2v) is 6.31. The molecule has 6 nitrogen and oxygen atoms in total. The van der Waals surface area contributed by atoms with E-state index in [-0.39, 0.29) is 5.91 Å². The zero-order chi connectivity index (χ0) is 12.8. The summed E-state index contributed by atoms with van der Waals surface area (Å²) in [5.74, 6) is -0.339. The number of aromatic nitrogens is 2. The minimum absolute atomic E-state index is 0.339. The van der Waals surface area contributed by atoms with E-state index in [1.54, 1.807) is 0 Å². The Kier molecular flexibility index (Phi) is 2.67. The van der Waals surface area contributed by atoms with Gasteiger partial charge in [-0.05, 0) is 33.0 Å². The maximum absolute atomic E-state index is 12.4. The molecule has 1 aromatic heterocycles. The van der Waals surface area contributed by atoms with Crippen LogP contribution in [0.1, 0.15) is 28.9 Å². The van der Waals surface area contributed by atoms with Crippen molar-refractivity contribution in [2.24, 2.45) is 0 Å². The molecular formula is C11H14N4O2S. The molecule has 1 atom stereocenters. The van der Waals surface area contributed by atoms with Crippen LogP contribution in [0.5, 0.6) is 0 Å². The molecule has 0 aliphatic carbocycles. The van der Waals surface area contributed by atoms with E-state index in [4.69, 9.17) is 0 Å². The second-order valence-electron chi connectivity index (χ2n) is 4.78. The summed E-state index contributed by atoms with van der Waals surface area (Å²) >= 11 is 0. The van der Waals surface area contributed by atoms with E-state index in [0.29, 0.717) is 11.3 Å². The quantitative estimate of drug-likeness (QED) is 0.704. The van der Waals surface area contributed by atoms with Gasteiger partial charge in [-0.25, -0.2) is 14.2 Å². The summed E-state index contributed by atoms with van der Waals surface area (Å²) in [7, 11) is 0.632. The number of fused-ring (bicyclic) bond motifs is 2. The number of carbonyl (C=O) groups is 1. The van der Waals surface area contributed by atoms with Gasteiger partial charge in [-0.1, -0.05) is 0 Å². The molecule has 96 valence electrons. The van der Waals surface area contributed by atoms with Crippen molar-refractivity contribution in [2.45, 2.75) is 17.6 Å². The molecule has 1 saturated heterocycles. The van der Waals surface area contributed by atoms with Gasteiger partial charge in [-0.3, -0.25) is 9.52 Å². The molecule has 3 rings (SSSR count). The number of hydrogen-bond acceptors (Lipinski definition) is 5. The Hall–Kier alpha value is -1.34. The molecule has 0 saturated carbocycles. The predicted molar refractivity (Wildman–Crippen MR) is 66.0 cm³/mol. The molecule has 1 aromatic rings. The maximum Gasteiger partial charge on any atom is 0.266 e. The lowest BCUT2D eigenvalue weighted by atomic mass is 9.89. The van der Waals surface area contributed by atoms with E-state index in [9.17, 15) is 9.00 Å². The van der Waals surface area contributed by atoms with E-state index in [1.165, 1.54) is 12.5 Å². The Morgan fingerprint density at radius 3 is 2.89 bits per heavy atom. The molecule has 1 N–H and O–H groups in total. The summed E-state index contributed by atoms with van der Waals surface area (Å²) in [5, 5.41) is 0. The normalized spacial score (nSPS) is 26.7. The molecular weight excluding hydrogens is 252 g/mol. The second kappa shape index (κ2) is 4.10. The summed E-state index contributed by atoms with van der Waals surface area (Å²) in [4.78, 5) is 22.1. The number of likely N-dealkylation sites (tertiary alicyclic amines) is 1. The molecule has 0 radical (unpaired) electrons. The minimum Gasteiger partial charge on any atom is -0.306 e. The summed E-state index contributed by atoms with van der Waals surface area (Å²) in [5.41, 5.74) is 1.11. The van der Waals surface area contributed by atoms with Crippen LogP contribution in [0.2, 0.25) is 0 Å². The van der Waals surface area contributed by atoms with E-state index in [2.05, 4.69) is 19.6 Å². The van der Waals surface area contributed by atoms with Crippen molar-refractivity contribution in [1.29, 1.82) is 0 Å². The Morgan fingerprint density at radius 2 is 2.17 bits per heavy atom. The van der Waals surface area contributed by atoms with Crippen LogP contribution in [0.4, 0.5) is 0 Å². The number of nitrogens with one attached hydrogen (secondary N) is 1. The van der Waals surface area contributed by atoms with Gasteiger partial charge in [0.05, 0.1) is 11.3 Å². The zero-order valence-corrected chi connectivity index (χ0v) is 10.9. The van der Waals surface area contributed by atoms with Gasteiger partial charge in [-0.15, -0.1) is 0 Å². The Bertz CT molecular complexity index is 526. The highest BCUT2D eigenvalue weighted by molar-refractivity contribution is 7.84. The molecule has 18 heavy (non-hydrogen) atoms. The lowest BCUT2D eigenvalue weighted by Gasteiger charge is -2.41. The number of carbonyl (C=O) groups excluding carboxylic acids is 1. The smallest absolute Gasteiger partial charge is 0.266 e. The van der Waals surface area contributed by atoms with Crippen LogP contribution in [0.25, 0.3) is 0 Å².